The molecule has 1 amide bonds. The van der Waals surface area contributed by atoms with Gasteiger partial charge in [-0.2, -0.15) is 0 Å². The van der Waals surface area contributed by atoms with Crippen molar-refractivity contribution in [2.75, 3.05) is 30.3 Å². The minimum absolute atomic E-state index is 0.262. The SMILES string of the molecule is Cc1ccc(OCCNC(=O)CN(c2cc(Cl)ccc2C)S(C)(=O)=O)cc1C. The molecule has 0 unspecified atom stereocenters. The zero-order valence-corrected chi connectivity index (χ0v) is 18.0. The van der Waals surface area contributed by atoms with Crippen LogP contribution in [0.2, 0.25) is 5.02 Å². The first-order valence-electron chi connectivity index (χ1n) is 8.78. The average molecular weight is 425 g/mol. The smallest absolute Gasteiger partial charge is 0.240 e. The molecule has 0 spiro atoms. The van der Waals surface area contributed by atoms with Gasteiger partial charge in [0.05, 0.1) is 18.5 Å². The molecule has 0 aliphatic heterocycles. The first kappa shape index (κ1) is 22.0. The van der Waals surface area contributed by atoms with Crippen molar-refractivity contribution in [1.82, 2.24) is 5.32 Å². The summed E-state index contributed by atoms with van der Waals surface area (Å²) in [4.78, 5) is 12.3. The van der Waals surface area contributed by atoms with Crippen LogP contribution in [-0.4, -0.2) is 40.3 Å². The van der Waals surface area contributed by atoms with E-state index in [9.17, 15) is 13.2 Å². The molecule has 0 radical (unpaired) electrons. The number of sulfonamides is 1. The van der Waals surface area contributed by atoms with Crippen molar-refractivity contribution in [2.45, 2.75) is 20.8 Å². The highest BCUT2D eigenvalue weighted by Gasteiger charge is 2.22. The molecular formula is C20H25ClN2O4S. The maximum Gasteiger partial charge on any atom is 0.240 e. The van der Waals surface area contributed by atoms with E-state index in [-0.39, 0.29) is 19.7 Å². The summed E-state index contributed by atoms with van der Waals surface area (Å²) in [6, 6.07) is 10.7. The largest absolute Gasteiger partial charge is 0.492 e. The van der Waals surface area contributed by atoms with Gasteiger partial charge in [-0.1, -0.05) is 23.7 Å². The van der Waals surface area contributed by atoms with Gasteiger partial charge in [-0.05, 0) is 61.7 Å². The molecule has 0 aliphatic carbocycles. The zero-order valence-electron chi connectivity index (χ0n) is 16.5. The minimum atomic E-state index is -3.65. The topological polar surface area (TPSA) is 75.7 Å². The van der Waals surface area contributed by atoms with Gasteiger partial charge < -0.3 is 10.1 Å². The Balaban J connectivity index is 1.95. The lowest BCUT2D eigenvalue weighted by Crippen LogP contribution is -2.41. The fourth-order valence-corrected chi connectivity index (χ4v) is 3.65. The normalized spacial score (nSPS) is 11.2. The molecule has 8 heteroatoms. The Labute approximate surface area is 171 Å². The molecule has 0 aromatic heterocycles. The van der Waals surface area contributed by atoms with Crippen molar-refractivity contribution in [3.8, 4) is 5.75 Å². The summed E-state index contributed by atoms with van der Waals surface area (Å²) in [6.45, 7) is 6.00. The molecule has 2 rings (SSSR count). The lowest BCUT2D eigenvalue weighted by atomic mass is 10.1. The van der Waals surface area contributed by atoms with Gasteiger partial charge >= 0.3 is 0 Å². The van der Waals surface area contributed by atoms with Crippen LogP contribution in [0.3, 0.4) is 0 Å². The van der Waals surface area contributed by atoms with Gasteiger partial charge in [0.15, 0.2) is 0 Å². The van der Waals surface area contributed by atoms with E-state index >= 15 is 0 Å². The number of hydrogen-bond acceptors (Lipinski definition) is 4. The minimum Gasteiger partial charge on any atom is -0.492 e. The van der Waals surface area contributed by atoms with E-state index in [1.807, 2.05) is 32.0 Å². The fraction of sp³-hybridized carbons (Fsp3) is 0.350. The van der Waals surface area contributed by atoms with Gasteiger partial charge in [0, 0.05) is 5.02 Å². The van der Waals surface area contributed by atoms with E-state index in [0.717, 1.165) is 21.9 Å². The predicted molar refractivity (Wildman–Crippen MR) is 113 cm³/mol. The number of rotatable bonds is 8. The predicted octanol–water partition coefficient (Wildman–Crippen LogP) is 3.23. The van der Waals surface area contributed by atoms with Crippen molar-refractivity contribution in [3.63, 3.8) is 0 Å². The quantitative estimate of drug-likeness (QED) is 0.660. The summed E-state index contributed by atoms with van der Waals surface area (Å²) in [5, 5.41) is 3.08. The van der Waals surface area contributed by atoms with Gasteiger partial charge in [0.2, 0.25) is 15.9 Å². The Morgan fingerprint density at radius 1 is 1.07 bits per heavy atom. The highest BCUT2D eigenvalue weighted by atomic mass is 35.5. The van der Waals surface area contributed by atoms with E-state index in [1.54, 1.807) is 19.1 Å². The number of benzene rings is 2. The van der Waals surface area contributed by atoms with E-state index in [0.29, 0.717) is 16.3 Å². The first-order valence-corrected chi connectivity index (χ1v) is 11.0. The summed E-state index contributed by atoms with van der Waals surface area (Å²) < 4.78 is 31.0. The second kappa shape index (κ2) is 9.30. The van der Waals surface area contributed by atoms with Crippen molar-refractivity contribution in [3.05, 3.63) is 58.1 Å². The monoisotopic (exact) mass is 424 g/mol. The number of ether oxygens (including phenoxy) is 1. The molecular weight excluding hydrogens is 400 g/mol. The third-order valence-corrected chi connectivity index (χ3v) is 5.66. The highest BCUT2D eigenvalue weighted by molar-refractivity contribution is 7.92. The van der Waals surface area contributed by atoms with Crippen LogP contribution in [0.25, 0.3) is 0 Å². The molecule has 0 saturated carbocycles. The van der Waals surface area contributed by atoms with Crippen LogP contribution in [0.15, 0.2) is 36.4 Å². The molecule has 1 N–H and O–H groups in total. The van der Waals surface area contributed by atoms with Crippen LogP contribution in [0.5, 0.6) is 5.75 Å². The van der Waals surface area contributed by atoms with Gasteiger partial charge in [-0.25, -0.2) is 8.42 Å². The molecule has 0 fully saturated rings. The summed E-state index contributed by atoms with van der Waals surface area (Å²) in [7, 11) is -3.65. The van der Waals surface area contributed by atoms with E-state index in [2.05, 4.69) is 5.32 Å². The lowest BCUT2D eigenvalue weighted by Gasteiger charge is -2.23. The summed E-state index contributed by atoms with van der Waals surface area (Å²) >= 11 is 5.99. The van der Waals surface area contributed by atoms with E-state index in [4.69, 9.17) is 16.3 Å². The number of anilines is 1. The second-order valence-corrected chi connectivity index (χ2v) is 8.99. The fourth-order valence-electron chi connectivity index (χ4n) is 2.58. The summed E-state index contributed by atoms with van der Waals surface area (Å²) in [5.74, 6) is 0.304. The molecule has 0 saturated heterocycles. The first-order chi connectivity index (χ1) is 13.1. The number of nitrogens with zero attached hydrogens (tertiary/aromatic N) is 1. The van der Waals surface area contributed by atoms with Crippen molar-refractivity contribution < 1.29 is 17.9 Å². The van der Waals surface area contributed by atoms with Crippen LogP contribution in [0, 0.1) is 20.8 Å². The molecule has 152 valence electrons. The summed E-state index contributed by atoms with van der Waals surface area (Å²) in [5.41, 5.74) is 3.40. The second-order valence-electron chi connectivity index (χ2n) is 6.64. The van der Waals surface area contributed by atoms with Crippen LogP contribution in [0.4, 0.5) is 5.69 Å². The molecule has 0 bridgehead atoms. The van der Waals surface area contributed by atoms with Crippen LogP contribution >= 0.6 is 11.6 Å². The highest BCUT2D eigenvalue weighted by Crippen LogP contribution is 2.26. The third-order valence-electron chi connectivity index (χ3n) is 4.30. The number of halogens is 1. The number of carbonyl (C=O) groups excluding carboxylic acids is 1. The van der Waals surface area contributed by atoms with Crippen molar-refractivity contribution >= 4 is 33.2 Å². The van der Waals surface area contributed by atoms with Gasteiger partial charge in [0.1, 0.15) is 18.9 Å². The van der Waals surface area contributed by atoms with Crippen molar-refractivity contribution in [1.29, 1.82) is 0 Å². The van der Waals surface area contributed by atoms with Crippen molar-refractivity contribution in [2.24, 2.45) is 0 Å². The molecule has 0 atom stereocenters. The Morgan fingerprint density at radius 3 is 2.39 bits per heavy atom. The maximum absolute atomic E-state index is 12.3. The average Bonchev–Trinajstić information content (AvgIpc) is 2.61. The Morgan fingerprint density at radius 2 is 1.75 bits per heavy atom. The molecule has 6 nitrogen and oxygen atoms in total. The number of hydrogen-bond donors (Lipinski definition) is 1. The van der Waals surface area contributed by atoms with E-state index < -0.39 is 15.9 Å². The Kier molecular flexibility index (Phi) is 7.32. The molecule has 0 aliphatic rings. The zero-order chi connectivity index (χ0) is 20.9. The van der Waals surface area contributed by atoms with Gasteiger partial charge in [0.25, 0.3) is 0 Å². The van der Waals surface area contributed by atoms with E-state index in [1.165, 1.54) is 11.6 Å². The molecule has 2 aromatic carbocycles. The summed E-state index contributed by atoms with van der Waals surface area (Å²) in [6.07, 6.45) is 1.06. The number of nitrogens with one attached hydrogen (secondary N) is 1. The van der Waals surface area contributed by atoms with Gasteiger partial charge in [-0.15, -0.1) is 0 Å². The van der Waals surface area contributed by atoms with Crippen LogP contribution in [0.1, 0.15) is 16.7 Å². The third kappa shape index (κ3) is 6.14. The molecule has 2 aromatic rings. The number of carbonyl (C=O) groups is 1. The molecule has 28 heavy (non-hydrogen) atoms. The Bertz CT molecular complexity index is 961. The van der Waals surface area contributed by atoms with Gasteiger partial charge in [-0.3, -0.25) is 9.10 Å². The lowest BCUT2D eigenvalue weighted by molar-refractivity contribution is -0.119. The maximum atomic E-state index is 12.3. The molecule has 0 heterocycles. The van der Waals surface area contributed by atoms with Crippen LogP contribution < -0.4 is 14.4 Å². The number of amides is 1. The Hall–Kier alpha value is -2.25. The number of aryl methyl sites for hydroxylation is 3. The standard InChI is InChI=1S/C20H25ClN2O4S/c1-14-6-8-18(11-16(14)3)27-10-9-22-20(24)13-23(28(4,25)26)19-12-17(21)7-5-15(19)2/h5-8,11-12H,9-10,13H2,1-4H3,(H,22,24). The van der Waals surface area contributed by atoms with Crippen LogP contribution in [-0.2, 0) is 14.8 Å².